The molecule has 0 aliphatic rings. The van der Waals surface area contributed by atoms with Gasteiger partial charge in [0.05, 0.1) is 34.7 Å². The largest absolute Gasteiger partial charge is 0.504 e. The SMILES string of the molecule is COc1cc(C(C)=O)ccc1O.COc1cc(C(C)=O)ccc1Oc1nc2ccccc2s1.Clc1nc2ccccc2s1. The van der Waals surface area contributed by atoms with Gasteiger partial charge in [-0.05, 0) is 74.5 Å². The zero-order valence-electron chi connectivity index (χ0n) is 23.7. The standard InChI is InChI=1S/C16H13NO3S.C9H10O3.C7H4ClNS/c1-10(18)11-7-8-13(14(9-11)19-2)20-16-17-12-5-3-4-6-15(12)21-16;1-6(10)7-3-4-8(11)9(5-7)12-2;8-7-9-5-3-1-2-4-6(5)10-7/h3-9H,1-2H3;3-5,11H,1-2H3;1-4H. The molecule has 0 radical (unpaired) electrons. The van der Waals surface area contributed by atoms with Crippen molar-refractivity contribution < 1.29 is 28.9 Å². The number of carbonyl (C=O) groups excluding carboxylic acids is 2. The monoisotopic (exact) mass is 634 g/mol. The average Bonchev–Trinajstić information content (AvgIpc) is 3.59. The number of rotatable bonds is 6. The van der Waals surface area contributed by atoms with Gasteiger partial charge in [-0.1, -0.05) is 47.2 Å². The molecule has 0 atom stereocenters. The summed E-state index contributed by atoms with van der Waals surface area (Å²) in [4.78, 5) is 30.8. The molecule has 11 heteroatoms. The summed E-state index contributed by atoms with van der Waals surface area (Å²) in [6, 6.07) is 25.4. The number of benzene rings is 4. The topological polar surface area (TPSA) is 108 Å². The van der Waals surface area contributed by atoms with Crippen molar-refractivity contribution in [2.45, 2.75) is 13.8 Å². The third kappa shape index (κ3) is 8.29. The molecule has 220 valence electrons. The number of ether oxygens (including phenoxy) is 3. The zero-order chi connectivity index (χ0) is 30.9. The molecule has 0 aliphatic carbocycles. The van der Waals surface area contributed by atoms with E-state index >= 15 is 0 Å². The Bertz CT molecular complexity index is 1820. The summed E-state index contributed by atoms with van der Waals surface area (Å²) < 4.78 is 18.7. The van der Waals surface area contributed by atoms with Crippen molar-refractivity contribution in [2.75, 3.05) is 14.2 Å². The Hall–Kier alpha value is -4.51. The van der Waals surface area contributed by atoms with Gasteiger partial charge in [0.25, 0.3) is 5.19 Å². The molecule has 43 heavy (non-hydrogen) atoms. The van der Waals surface area contributed by atoms with Crippen molar-refractivity contribution >= 4 is 66.3 Å². The van der Waals surface area contributed by atoms with E-state index in [9.17, 15) is 14.7 Å². The Labute approximate surface area is 261 Å². The molecular weight excluding hydrogens is 608 g/mol. The number of carbonyl (C=O) groups is 2. The van der Waals surface area contributed by atoms with Crippen molar-refractivity contribution in [3.63, 3.8) is 0 Å². The molecule has 0 amide bonds. The van der Waals surface area contributed by atoms with Gasteiger partial charge in [-0.15, -0.1) is 11.3 Å². The lowest BCUT2D eigenvalue weighted by molar-refractivity contribution is 0.100. The van der Waals surface area contributed by atoms with E-state index in [1.54, 1.807) is 31.4 Å². The van der Waals surface area contributed by atoms with Crippen LogP contribution >= 0.6 is 34.3 Å². The van der Waals surface area contributed by atoms with Crippen LogP contribution in [-0.2, 0) is 0 Å². The second-order valence-corrected chi connectivity index (χ2v) is 11.5. The summed E-state index contributed by atoms with van der Waals surface area (Å²) in [5, 5.41) is 9.73. The Morgan fingerprint density at radius 2 is 1.23 bits per heavy atom. The highest BCUT2D eigenvalue weighted by atomic mass is 35.5. The first kappa shape index (κ1) is 31.4. The normalized spacial score (nSPS) is 10.3. The van der Waals surface area contributed by atoms with Crippen LogP contribution < -0.4 is 14.2 Å². The minimum Gasteiger partial charge on any atom is -0.504 e. The number of phenols is 1. The number of aromatic nitrogens is 2. The molecule has 0 saturated heterocycles. The number of para-hydroxylation sites is 2. The molecule has 0 aliphatic heterocycles. The Balaban J connectivity index is 0.000000162. The number of phenolic OH excluding ortho intramolecular Hbond substituents is 1. The molecule has 4 aromatic carbocycles. The van der Waals surface area contributed by atoms with E-state index in [0.717, 1.165) is 20.4 Å². The minimum atomic E-state index is -0.0479. The number of thiazole rings is 2. The molecule has 6 rings (SSSR count). The van der Waals surface area contributed by atoms with Crippen molar-refractivity contribution in [2.24, 2.45) is 0 Å². The second kappa shape index (κ2) is 14.6. The number of nitrogens with zero attached hydrogens (tertiary/aromatic N) is 2. The highest BCUT2D eigenvalue weighted by Crippen LogP contribution is 2.36. The fraction of sp³-hybridized carbons (Fsp3) is 0.125. The highest BCUT2D eigenvalue weighted by Gasteiger charge is 2.12. The van der Waals surface area contributed by atoms with E-state index in [-0.39, 0.29) is 17.3 Å². The smallest absolute Gasteiger partial charge is 0.279 e. The van der Waals surface area contributed by atoms with Crippen LogP contribution in [0.1, 0.15) is 34.6 Å². The number of hydrogen-bond acceptors (Lipinski definition) is 10. The predicted molar refractivity (Wildman–Crippen MR) is 172 cm³/mol. The van der Waals surface area contributed by atoms with Crippen molar-refractivity contribution in [1.82, 2.24) is 9.97 Å². The number of halogens is 1. The maximum absolute atomic E-state index is 11.4. The van der Waals surface area contributed by atoms with E-state index in [2.05, 4.69) is 9.97 Å². The maximum atomic E-state index is 11.4. The van der Waals surface area contributed by atoms with Gasteiger partial charge in [0, 0.05) is 11.1 Å². The van der Waals surface area contributed by atoms with Crippen molar-refractivity contribution in [3.8, 4) is 28.2 Å². The van der Waals surface area contributed by atoms with Gasteiger partial charge >= 0.3 is 0 Å². The van der Waals surface area contributed by atoms with E-state index < -0.39 is 0 Å². The van der Waals surface area contributed by atoms with Gasteiger partial charge in [-0.25, -0.2) is 9.97 Å². The summed E-state index contributed by atoms with van der Waals surface area (Å²) in [5.41, 5.74) is 3.00. The molecule has 0 unspecified atom stereocenters. The molecule has 6 aromatic rings. The summed E-state index contributed by atoms with van der Waals surface area (Å²) in [5.74, 6) is 1.36. The van der Waals surface area contributed by atoms with Crippen LogP contribution in [-0.4, -0.2) is 40.9 Å². The van der Waals surface area contributed by atoms with E-state index in [0.29, 0.717) is 38.0 Å². The van der Waals surface area contributed by atoms with Gasteiger partial charge in [-0.2, -0.15) is 0 Å². The number of ketones is 2. The van der Waals surface area contributed by atoms with Crippen molar-refractivity contribution in [1.29, 1.82) is 0 Å². The Kier molecular flexibility index (Phi) is 10.7. The number of methoxy groups -OCH3 is 2. The van der Waals surface area contributed by atoms with Gasteiger partial charge in [-0.3, -0.25) is 9.59 Å². The fourth-order valence-corrected chi connectivity index (χ4v) is 5.56. The molecule has 0 bridgehead atoms. The van der Waals surface area contributed by atoms with Crippen LogP contribution in [0.4, 0.5) is 0 Å². The first-order valence-electron chi connectivity index (χ1n) is 12.8. The van der Waals surface area contributed by atoms with Gasteiger partial charge in [0.15, 0.2) is 39.0 Å². The third-order valence-corrected chi connectivity index (χ3v) is 7.95. The van der Waals surface area contributed by atoms with Crippen LogP contribution in [0.3, 0.4) is 0 Å². The number of Topliss-reactive ketones (excluding diaryl/α,β-unsaturated/α-hetero) is 2. The van der Waals surface area contributed by atoms with E-state index in [4.69, 9.17) is 25.8 Å². The molecule has 8 nitrogen and oxygen atoms in total. The summed E-state index contributed by atoms with van der Waals surface area (Å²) in [6.07, 6.45) is 0. The number of aromatic hydroxyl groups is 1. The average molecular weight is 635 g/mol. The van der Waals surface area contributed by atoms with Gasteiger partial charge in [0.2, 0.25) is 0 Å². The molecule has 0 spiro atoms. The molecular formula is C32H27ClN2O6S2. The minimum absolute atomic E-state index is 0.0140. The highest BCUT2D eigenvalue weighted by molar-refractivity contribution is 7.22. The van der Waals surface area contributed by atoms with Crippen molar-refractivity contribution in [3.05, 3.63) is 101 Å². The Morgan fingerprint density at radius 3 is 1.79 bits per heavy atom. The third-order valence-electron chi connectivity index (χ3n) is 5.90. The van der Waals surface area contributed by atoms with Crippen LogP contribution in [0.5, 0.6) is 28.2 Å². The zero-order valence-corrected chi connectivity index (χ0v) is 26.0. The summed E-state index contributed by atoms with van der Waals surface area (Å²) in [6.45, 7) is 2.98. The lowest BCUT2D eigenvalue weighted by atomic mass is 10.1. The molecule has 2 heterocycles. The van der Waals surface area contributed by atoms with E-state index in [1.165, 1.54) is 55.8 Å². The molecule has 0 saturated carbocycles. The van der Waals surface area contributed by atoms with Crippen LogP contribution in [0, 0.1) is 0 Å². The first-order valence-corrected chi connectivity index (χ1v) is 14.8. The quantitative estimate of drug-likeness (QED) is 0.181. The number of hydrogen-bond donors (Lipinski definition) is 1. The molecule has 0 fully saturated rings. The van der Waals surface area contributed by atoms with Crippen LogP contribution in [0.25, 0.3) is 20.4 Å². The molecule has 2 aromatic heterocycles. The van der Waals surface area contributed by atoms with E-state index in [1.807, 2.05) is 48.5 Å². The fourth-order valence-electron chi connectivity index (χ4n) is 3.70. The number of fused-ring (bicyclic) bond motifs is 2. The first-order chi connectivity index (χ1) is 20.7. The Morgan fingerprint density at radius 1 is 0.698 bits per heavy atom. The van der Waals surface area contributed by atoms with Gasteiger partial charge < -0.3 is 19.3 Å². The second-order valence-electron chi connectivity index (χ2n) is 8.85. The maximum Gasteiger partial charge on any atom is 0.279 e. The van der Waals surface area contributed by atoms with Crippen LogP contribution in [0.2, 0.25) is 4.47 Å². The summed E-state index contributed by atoms with van der Waals surface area (Å²) >= 11 is 8.66. The molecule has 1 N–H and O–H groups in total. The summed E-state index contributed by atoms with van der Waals surface area (Å²) in [7, 11) is 2.99. The predicted octanol–water partition coefficient (Wildman–Crippen LogP) is 8.85. The lowest BCUT2D eigenvalue weighted by Crippen LogP contribution is -1.95. The lowest BCUT2D eigenvalue weighted by Gasteiger charge is -2.08. The van der Waals surface area contributed by atoms with Gasteiger partial charge in [0.1, 0.15) is 0 Å². The van der Waals surface area contributed by atoms with Crippen LogP contribution in [0.15, 0.2) is 84.9 Å².